The van der Waals surface area contributed by atoms with Gasteiger partial charge < -0.3 is 19.1 Å². The van der Waals surface area contributed by atoms with Gasteiger partial charge in [-0.1, -0.05) is 25.3 Å². The first-order valence-electron chi connectivity index (χ1n) is 17.5. The molecule has 9 rings (SSSR count). The minimum Gasteiger partial charge on any atom is -0.497 e. The molecule has 3 saturated carbocycles. The van der Waals surface area contributed by atoms with Gasteiger partial charge in [0.1, 0.15) is 5.75 Å². The highest BCUT2D eigenvalue weighted by Gasteiger charge is 2.64. The van der Waals surface area contributed by atoms with Crippen LogP contribution in [0.15, 0.2) is 36.4 Å². The summed E-state index contributed by atoms with van der Waals surface area (Å²) in [5.41, 5.74) is 5.49. The highest BCUT2D eigenvalue weighted by Crippen LogP contribution is 2.66. The molecule has 4 atom stereocenters. The summed E-state index contributed by atoms with van der Waals surface area (Å²) in [7, 11) is 0.190. The van der Waals surface area contributed by atoms with Gasteiger partial charge in [-0.05, 0) is 98.4 Å². The average molecular weight is 657 g/mol. The molecule has 47 heavy (non-hydrogen) atoms. The number of hydrogen-bond acceptors (Lipinski definition) is 6. The summed E-state index contributed by atoms with van der Waals surface area (Å²) in [6.45, 7) is 4.27. The SMILES string of the molecule is COc1ccc2c(c1)C1CC1(C(=O)N1CC3CN(C)CC3C1)Cn1c-2c(C2CCCCC2)c2ccc(C(=O)NS(=O)(=O)C3CC3)cc21. The Hall–Kier alpha value is -3.37. The Morgan fingerprint density at radius 1 is 0.936 bits per heavy atom. The Morgan fingerprint density at radius 3 is 2.38 bits per heavy atom. The number of likely N-dealkylation sites (tertiary alicyclic amines) is 2. The number of ether oxygens (including phenoxy) is 1. The number of nitrogens with zero attached hydrogens (tertiary/aromatic N) is 3. The second kappa shape index (κ2) is 10.6. The van der Waals surface area contributed by atoms with Gasteiger partial charge in [0.15, 0.2) is 0 Å². The highest BCUT2D eigenvalue weighted by molar-refractivity contribution is 7.91. The Kier molecular flexibility index (Phi) is 6.69. The summed E-state index contributed by atoms with van der Waals surface area (Å²) in [5.74, 6) is 2.00. The zero-order valence-electron chi connectivity index (χ0n) is 27.3. The fraction of sp³-hybridized carbons (Fsp3) is 0.568. The van der Waals surface area contributed by atoms with E-state index < -0.39 is 26.6 Å². The third-order valence-corrected chi connectivity index (χ3v) is 14.2. The first-order chi connectivity index (χ1) is 22.7. The number of nitrogens with one attached hydrogen (secondary N) is 1. The molecule has 2 aromatic carbocycles. The topological polar surface area (TPSA) is 101 Å². The summed E-state index contributed by atoms with van der Waals surface area (Å²) in [4.78, 5) is 32.7. The van der Waals surface area contributed by atoms with Crippen molar-refractivity contribution in [2.75, 3.05) is 40.3 Å². The van der Waals surface area contributed by atoms with Crippen LogP contribution in [0.3, 0.4) is 0 Å². The predicted molar refractivity (Wildman–Crippen MR) is 180 cm³/mol. The summed E-state index contributed by atoms with van der Waals surface area (Å²) in [5, 5.41) is 0.630. The number of methoxy groups -OCH3 is 1. The zero-order chi connectivity index (χ0) is 32.2. The lowest BCUT2D eigenvalue weighted by Gasteiger charge is -2.26. The van der Waals surface area contributed by atoms with Crippen molar-refractivity contribution in [2.45, 2.75) is 75.0 Å². The van der Waals surface area contributed by atoms with Crippen LogP contribution in [0.4, 0.5) is 0 Å². The third-order valence-electron chi connectivity index (χ3n) is 12.4. The molecule has 6 aliphatic rings. The number of fused-ring (bicyclic) bond motifs is 8. The summed E-state index contributed by atoms with van der Waals surface area (Å²) < 4.78 is 35.8. The molecule has 2 amide bonds. The van der Waals surface area contributed by atoms with Crippen molar-refractivity contribution in [1.29, 1.82) is 0 Å². The quantitative estimate of drug-likeness (QED) is 0.397. The first-order valence-corrected chi connectivity index (χ1v) is 19.1. The largest absolute Gasteiger partial charge is 0.497 e. The molecule has 10 heteroatoms. The van der Waals surface area contributed by atoms with Crippen LogP contribution in [0.5, 0.6) is 5.75 Å². The van der Waals surface area contributed by atoms with E-state index >= 15 is 0 Å². The number of rotatable bonds is 6. The van der Waals surface area contributed by atoms with Crippen LogP contribution in [-0.4, -0.2) is 80.2 Å². The van der Waals surface area contributed by atoms with Gasteiger partial charge in [0.05, 0.1) is 23.5 Å². The fourth-order valence-corrected chi connectivity index (χ4v) is 11.1. The minimum atomic E-state index is -3.68. The van der Waals surface area contributed by atoms with Gasteiger partial charge in [0.2, 0.25) is 15.9 Å². The van der Waals surface area contributed by atoms with Crippen molar-refractivity contribution in [3.8, 4) is 17.0 Å². The number of aromatic nitrogens is 1. The minimum absolute atomic E-state index is 0.0903. The van der Waals surface area contributed by atoms with Crippen molar-refractivity contribution in [2.24, 2.45) is 17.3 Å². The highest BCUT2D eigenvalue weighted by atomic mass is 32.2. The molecule has 1 N–H and O–H groups in total. The molecule has 3 aliphatic heterocycles. The Labute approximate surface area is 276 Å². The second-order valence-electron chi connectivity index (χ2n) is 15.4. The maximum absolute atomic E-state index is 14.8. The lowest BCUT2D eigenvalue weighted by molar-refractivity contribution is -0.137. The smallest absolute Gasteiger partial charge is 0.264 e. The summed E-state index contributed by atoms with van der Waals surface area (Å²) in [6.07, 6.45) is 7.80. The van der Waals surface area contributed by atoms with Crippen molar-refractivity contribution >= 4 is 32.7 Å². The molecular formula is C37H44N4O5S. The van der Waals surface area contributed by atoms with E-state index in [2.05, 4.69) is 38.3 Å². The summed E-state index contributed by atoms with van der Waals surface area (Å²) in [6, 6.07) is 12.0. The number of sulfonamides is 1. The maximum atomic E-state index is 14.8. The van der Waals surface area contributed by atoms with E-state index in [1.165, 1.54) is 30.4 Å². The zero-order valence-corrected chi connectivity index (χ0v) is 28.2. The second-order valence-corrected chi connectivity index (χ2v) is 17.4. The Bertz CT molecular complexity index is 1910. The van der Waals surface area contributed by atoms with E-state index in [9.17, 15) is 18.0 Å². The lowest BCUT2D eigenvalue weighted by Crippen LogP contribution is -2.40. The molecular weight excluding hydrogens is 612 g/mol. The molecule has 1 aromatic heterocycles. The van der Waals surface area contributed by atoms with Crippen LogP contribution in [-0.2, 0) is 21.4 Å². The standard InChI is InChI=1S/C37H44N4O5S/c1-39-17-24-19-40(20-25(24)18-39)36(43)37-16-31(37)30-15-26(46-2)9-13-28(30)34-33(22-6-4-3-5-7-22)29-12-8-23(14-32(29)41(34)21-37)35(42)38-47(44,45)27-10-11-27/h8-9,12-15,22,24-25,27,31H,3-7,10-11,16-21H2,1-2H3,(H,38,42). The molecule has 4 heterocycles. The van der Waals surface area contributed by atoms with Gasteiger partial charge in [-0.2, -0.15) is 0 Å². The molecule has 5 fully saturated rings. The lowest BCUT2D eigenvalue weighted by atomic mass is 9.81. The number of amides is 2. The van der Waals surface area contributed by atoms with Crippen LogP contribution < -0.4 is 9.46 Å². The van der Waals surface area contributed by atoms with Crippen molar-refractivity contribution in [3.05, 3.63) is 53.1 Å². The Morgan fingerprint density at radius 2 is 1.68 bits per heavy atom. The molecule has 248 valence electrons. The molecule has 3 aliphatic carbocycles. The van der Waals surface area contributed by atoms with Crippen LogP contribution >= 0.6 is 0 Å². The van der Waals surface area contributed by atoms with Crippen LogP contribution in [0, 0.1) is 17.3 Å². The van der Waals surface area contributed by atoms with Crippen molar-refractivity contribution < 1.29 is 22.7 Å². The summed E-state index contributed by atoms with van der Waals surface area (Å²) >= 11 is 0. The maximum Gasteiger partial charge on any atom is 0.264 e. The Balaban J connectivity index is 1.20. The fourth-order valence-electron chi connectivity index (χ4n) is 9.78. The van der Waals surface area contributed by atoms with E-state index in [0.717, 1.165) is 73.4 Å². The molecule has 0 radical (unpaired) electrons. The van der Waals surface area contributed by atoms with Crippen LogP contribution in [0.25, 0.3) is 22.2 Å². The molecule has 4 unspecified atom stereocenters. The average Bonchev–Trinajstić information content (AvgIpc) is 3.95. The van der Waals surface area contributed by atoms with Gasteiger partial charge in [-0.25, -0.2) is 13.1 Å². The van der Waals surface area contributed by atoms with Crippen LogP contribution in [0.2, 0.25) is 0 Å². The van der Waals surface area contributed by atoms with E-state index in [-0.39, 0.29) is 11.8 Å². The molecule has 0 bridgehead atoms. The van der Waals surface area contributed by atoms with E-state index in [1.54, 1.807) is 13.2 Å². The third kappa shape index (κ3) is 4.68. The normalized spacial score (nSPS) is 28.7. The molecule has 0 spiro atoms. The van der Waals surface area contributed by atoms with Crippen molar-refractivity contribution in [3.63, 3.8) is 0 Å². The van der Waals surface area contributed by atoms with Gasteiger partial charge in [-0.3, -0.25) is 9.59 Å². The number of carbonyl (C=O) groups is 2. The molecule has 9 nitrogen and oxygen atoms in total. The van der Waals surface area contributed by atoms with Gasteiger partial charge in [-0.15, -0.1) is 0 Å². The van der Waals surface area contributed by atoms with E-state index in [1.807, 2.05) is 18.2 Å². The van der Waals surface area contributed by atoms with Crippen LogP contribution in [0.1, 0.15) is 84.7 Å². The van der Waals surface area contributed by atoms with Gasteiger partial charge in [0.25, 0.3) is 5.91 Å². The molecule has 2 saturated heterocycles. The number of hydrogen-bond donors (Lipinski definition) is 1. The first kappa shape index (κ1) is 29.7. The monoisotopic (exact) mass is 656 g/mol. The van der Waals surface area contributed by atoms with Gasteiger partial charge in [0, 0.05) is 60.7 Å². The number of carbonyl (C=O) groups excluding carboxylic acids is 2. The predicted octanol–water partition coefficient (Wildman–Crippen LogP) is 5.09. The van der Waals surface area contributed by atoms with E-state index in [4.69, 9.17) is 4.74 Å². The van der Waals surface area contributed by atoms with Crippen molar-refractivity contribution in [1.82, 2.24) is 19.1 Å². The number of benzene rings is 2. The van der Waals surface area contributed by atoms with E-state index in [0.29, 0.717) is 42.7 Å². The van der Waals surface area contributed by atoms with Gasteiger partial charge >= 0.3 is 0 Å². The molecule has 3 aromatic rings.